The summed E-state index contributed by atoms with van der Waals surface area (Å²) in [7, 11) is 1.98. The van der Waals surface area contributed by atoms with E-state index in [1.54, 1.807) is 6.07 Å². The Labute approximate surface area is 193 Å². The molecule has 4 aromatic rings. The summed E-state index contributed by atoms with van der Waals surface area (Å²) in [5.41, 5.74) is 2.42. The molecule has 0 saturated carbocycles. The summed E-state index contributed by atoms with van der Waals surface area (Å²) in [5, 5.41) is 9.07. The number of carbonyl (C=O) groups is 1. The van der Waals surface area contributed by atoms with E-state index in [0.717, 1.165) is 22.2 Å². The fourth-order valence-electron chi connectivity index (χ4n) is 4.25. The molecule has 0 fully saturated rings. The number of fused-ring (bicyclic) bond motifs is 2. The molecular formula is C26H31N5O2. The highest BCUT2D eigenvalue weighted by Gasteiger charge is 2.25. The van der Waals surface area contributed by atoms with E-state index in [4.69, 9.17) is 4.98 Å². The summed E-state index contributed by atoms with van der Waals surface area (Å²) in [4.78, 5) is 30.9. The van der Waals surface area contributed by atoms with Crippen molar-refractivity contribution in [3.05, 3.63) is 70.4 Å². The van der Waals surface area contributed by atoms with Gasteiger partial charge < -0.3 is 9.88 Å². The van der Waals surface area contributed by atoms with E-state index in [-0.39, 0.29) is 35.8 Å². The van der Waals surface area contributed by atoms with Crippen LogP contribution in [0.5, 0.6) is 0 Å². The van der Waals surface area contributed by atoms with Gasteiger partial charge in [0.15, 0.2) is 0 Å². The Balaban J connectivity index is 1.66. The first-order valence-electron chi connectivity index (χ1n) is 11.5. The summed E-state index contributed by atoms with van der Waals surface area (Å²) in [6.07, 6.45) is 0.0893. The fraction of sp³-hybridized carbons (Fsp3) is 0.385. The second kappa shape index (κ2) is 9.17. The van der Waals surface area contributed by atoms with Crippen molar-refractivity contribution in [3.63, 3.8) is 0 Å². The Hall–Kier alpha value is -3.48. The number of benzene rings is 2. The Kier molecular flexibility index (Phi) is 6.31. The van der Waals surface area contributed by atoms with Crippen LogP contribution in [-0.4, -0.2) is 25.2 Å². The van der Waals surface area contributed by atoms with Crippen LogP contribution in [-0.2, 0) is 24.8 Å². The molecular weight excluding hydrogens is 414 g/mol. The van der Waals surface area contributed by atoms with Gasteiger partial charge in [-0.25, -0.2) is 9.67 Å². The third-order valence-corrected chi connectivity index (χ3v) is 5.89. The van der Waals surface area contributed by atoms with Crippen molar-refractivity contribution in [1.29, 1.82) is 0 Å². The average Bonchev–Trinajstić information content (AvgIpc) is 3.11. The molecule has 33 heavy (non-hydrogen) atoms. The van der Waals surface area contributed by atoms with Crippen LogP contribution < -0.4 is 10.9 Å². The van der Waals surface area contributed by atoms with Gasteiger partial charge in [-0.05, 0) is 30.0 Å². The lowest BCUT2D eigenvalue weighted by Gasteiger charge is -2.22. The van der Waals surface area contributed by atoms with Crippen LogP contribution in [0.3, 0.4) is 0 Å². The molecule has 0 bridgehead atoms. The fourth-order valence-corrected chi connectivity index (χ4v) is 4.25. The van der Waals surface area contributed by atoms with Gasteiger partial charge in [0.2, 0.25) is 5.91 Å². The van der Waals surface area contributed by atoms with Crippen molar-refractivity contribution >= 4 is 27.7 Å². The largest absolute Gasteiger partial charge is 0.346 e. The monoisotopic (exact) mass is 445 g/mol. The highest BCUT2D eigenvalue weighted by molar-refractivity contribution is 5.88. The van der Waals surface area contributed by atoms with Crippen molar-refractivity contribution in [2.24, 2.45) is 18.9 Å². The van der Waals surface area contributed by atoms with Gasteiger partial charge in [-0.2, -0.15) is 5.10 Å². The number of aryl methyl sites for hydroxylation is 1. The minimum Gasteiger partial charge on any atom is -0.346 e. The quantitative estimate of drug-likeness (QED) is 0.466. The van der Waals surface area contributed by atoms with Gasteiger partial charge in [0.25, 0.3) is 5.56 Å². The van der Waals surface area contributed by atoms with Gasteiger partial charge in [0.1, 0.15) is 5.82 Å². The first-order valence-corrected chi connectivity index (χ1v) is 11.5. The Morgan fingerprint density at radius 1 is 1.00 bits per heavy atom. The number of amides is 1. The molecule has 0 saturated heterocycles. The third-order valence-electron chi connectivity index (χ3n) is 5.89. The molecule has 7 heteroatoms. The van der Waals surface area contributed by atoms with E-state index >= 15 is 0 Å². The van der Waals surface area contributed by atoms with Crippen LogP contribution in [0, 0.1) is 11.8 Å². The Bertz CT molecular complexity index is 1370. The van der Waals surface area contributed by atoms with Gasteiger partial charge in [-0.3, -0.25) is 9.59 Å². The number of aromatic nitrogens is 4. The van der Waals surface area contributed by atoms with Gasteiger partial charge >= 0.3 is 0 Å². The lowest BCUT2D eigenvalue weighted by Crippen LogP contribution is -2.35. The first kappa shape index (κ1) is 22.7. The predicted molar refractivity (Wildman–Crippen MR) is 131 cm³/mol. The van der Waals surface area contributed by atoms with Crippen LogP contribution in [0.15, 0.2) is 53.3 Å². The Morgan fingerprint density at radius 3 is 2.33 bits per heavy atom. The molecule has 1 N–H and O–H groups in total. The molecule has 7 nitrogen and oxygen atoms in total. The minimum absolute atomic E-state index is 0.0893. The topological polar surface area (TPSA) is 81.8 Å². The van der Waals surface area contributed by atoms with Gasteiger partial charge in [-0.1, -0.05) is 58.0 Å². The highest BCUT2D eigenvalue weighted by Crippen LogP contribution is 2.25. The maximum atomic E-state index is 13.2. The molecule has 4 rings (SSSR count). The maximum Gasteiger partial charge on any atom is 0.274 e. The summed E-state index contributed by atoms with van der Waals surface area (Å²) >= 11 is 0. The van der Waals surface area contributed by atoms with Crippen LogP contribution >= 0.6 is 0 Å². The van der Waals surface area contributed by atoms with Crippen molar-refractivity contribution in [1.82, 2.24) is 24.6 Å². The molecule has 1 unspecified atom stereocenters. The summed E-state index contributed by atoms with van der Waals surface area (Å²) < 4.78 is 3.53. The van der Waals surface area contributed by atoms with E-state index in [0.29, 0.717) is 17.6 Å². The summed E-state index contributed by atoms with van der Waals surface area (Å²) in [5.74, 6) is 1.08. The summed E-state index contributed by atoms with van der Waals surface area (Å²) in [6.45, 7) is 8.73. The highest BCUT2D eigenvalue weighted by atomic mass is 16.2. The van der Waals surface area contributed by atoms with Crippen molar-refractivity contribution in [3.8, 4) is 0 Å². The number of nitrogens with one attached hydrogen (secondary N) is 1. The van der Waals surface area contributed by atoms with E-state index in [1.807, 2.05) is 67.9 Å². The van der Waals surface area contributed by atoms with Gasteiger partial charge in [0.05, 0.1) is 34.6 Å². The molecule has 0 aliphatic rings. The molecule has 0 aliphatic heterocycles. The number of hydrogen-bond donors (Lipinski definition) is 1. The predicted octanol–water partition coefficient (Wildman–Crippen LogP) is 4.00. The first-order chi connectivity index (χ1) is 15.8. The van der Waals surface area contributed by atoms with Gasteiger partial charge in [0, 0.05) is 19.0 Å². The minimum atomic E-state index is -0.247. The third kappa shape index (κ3) is 4.53. The van der Waals surface area contributed by atoms with E-state index < -0.39 is 0 Å². The molecule has 1 atom stereocenters. The molecule has 0 radical (unpaired) electrons. The smallest absolute Gasteiger partial charge is 0.274 e. The molecule has 172 valence electrons. The second-order valence-electron chi connectivity index (χ2n) is 9.36. The van der Waals surface area contributed by atoms with Crippen molar-refractivity contribution < 1.29 is 4.79 Å². The van der Waals surface area contributed by atoms with Crippen LogP contribution in [0.25, 0.3) is 21.8 Å². The molecule has 0 aliphatic carbocycles. The van der Waals surface area contributed by atoms with Gasteiger partial charge in [-0.15, -0.1) is 0 Å². The van der Waals surface area contributed by atoms with Crippen molar-refractivity contribution in [2.75, 3.05) is 0 Å². The zero-order chi connectivity index (χ0) is 23.7. The van der Waals surface area contributed by atoms with Crippen molar-refractivity contribution in [2.45, 2.75) is 46.7 Å². The van der Waals surface area contributed by atoms with Crippen LogP contribution in [0.2, 0.25) is 0 Å². The number of hydrogen-bond acceptors (Lipinski definition) is 4. The Morgan fingerprint density at radius 2 is 1.67 bits per heavy atom. The normalized spacial score (nSPS) is 12.7. The number of para-hydroxylation sites is 2. The number of imidazole rings is 1. The van der Waals surface area contributed by atoms with E-state index in [9.17, 15) is 9.59 Å². The number of nitrogens with zero attached hydrogens (tertiary/aromatic N) is 4. The number of rotatable bonds is 7. The zero-order valence-corrected chi connectivity index (χ0v) is 19.9. The standard InChI is InChI=1S/C26H31N5O2/c1-16(2)15-31-26(33)19-11-7-6-10-18(19)21(29-31)14-23(32)28-24(17(3)4)25-27-20-12-8-9-13-22(20)30(25)5/h6-13,16-17,24H,14-15H2,1-5H3,(H,28,32). The number of carbonyl (C=O) groups excluding carboxylic acids is 1. The lowest BCUT2D eigenvalue weighted by molar-refractivity contribution is -0.121. The molecule has 2 heterocycles. The van der Waals surface area contributed by atoms with E-state index in [2.05, 4.69) is 24.3 Å². The zero-order valence-electron chi connectivity index (χ0n) is 19.9. The maximum absolute atomic E-state index is 13.2. The van der Waals surface area contributed by atoms with Crippen LogP contribution in [0.1, 0.15) is 45.3 Å². The molecule has 0 spiro atoms. The molecule has 2 aromatic heterocycles. The van der Waals surface area contributed by atoms with E-state index in [1.165, 1.54) is 4.68 Å². The van der Waals surface area contributed by atoms with Crippen LogP contribution in [0.4, 0.5) is 0 Å². The second-order valence-corrected chi connectivity index (χ2v) is 9.36. The molecule has 2 aromatic carbocycles. The average molecular weight is 446 g/mol. The lowest BCUT2D eigenvalue weighted by atomic mass is 10.0. The SMILES string of the molecule is CC(C)Cn1nc(CC(=O)NC(c2nc3ccccc3n2C)C(C)C)c2ccccc2c1=O. The summed E-state index contributed by atoms with van der Waals surface area (Å²) in [6, 6.07) is 15.1. The molecule has 1 amide bonds.